The average Bonchev–Trinajstić information content (AvgIpc) is 2.96. The first-order valence-electron chi connectivity index (χ1n) is 7.93. The number of carbonyl (C=O) groups is 1. The molecule has 1 aliphatic rings. The normalized spacial score (nSPS) is 24.6. The summed E-state index contributed by atoms with van der Waals surface area (Å²) in [6, 6.07) is 4.26. The van der Waals surface area contributed by atoms with Gasteiger partial charge in [-0.3, -0.25) is 9.36 Å². The third kappa shape index (κ3) is 3.79. The number of anilines is 1. The van der Waals surface area contributed by atoms with E-state index in [1.807, 2.05) is 0 Å². The minimum absolute atomic E-state index is 0.0634. The van der Waals surface area contributed by atoms with Gasteiger partial charge in [0, 0.05) is 6.20 Å². The number of aliphatic hydroxyl groups excluding tert-OH is 2. The summed E-state index contributed by atoms with van der Waals surface area (Å²) in [7, 11) is 1.47. The van der Waals surface area contributed by atoms with E-state index in [0.29, 0.717) is 5.75 Å². The monoisotopic (exact) mass is 380 g/mol. The van der Waals surface area contributed by atoms with Crippen molar-refractivity contribution >= 4 is 11.7 Å². The first-order valence-corrected chi connectivity index (χ1v) is 7.93. The Labute approximate surface area is 152 Å². The Bertz CT molecular complexity index is 874. The summed E-state index contributed by atoms with van der Waals surface area (Å²) < 4.78 is 25.1. The molecule has 0 radical (unpaired) electrons. The van der Waals surface area contributed by atoms with Gasteiger partial charge in [0.25, 0.3) is 5.91 Å². The number of ether oxygens (including phenoxy) is 2. The fraction of sp³-hybridized carbons (Fsp3) is 0.375. The van der Waals surface area contributed by atoms with Gasteiger partial charge in [-0.2, -0.15) is 4.98 Å². The van der Waals surface area contributed by atoms with Gasteiger partial charge >= 0.3 is 5.69 Å². The van der Waals surface area contributed by atoms with Gasteiger partial charge in [-0.25, -0.2) is 14.2 Å². The number of hydrogen-bond donors (Lipinski definition) is 3. The molecule has 144 valence electrons. The molecule has 0 unspecified atom stereocenters. The predicted octanol–water partition coefficient (Wildman–Crippen LogP) is -0.512. The van der Waals surface area contributed by atoms with E-state index in [0.717, 1.165) is 4.57 Å². The van der Waals surface area contributed by atoms with Crippen molar-refractivity contribution < 1.29 is 28.9 Å². The van der Waals surface area contributed by atoms with Gasteiger partial charge in [0.1, 0.15) is 29.5 Å². The van der Waals surface area contributed by atoms with Crippen LogP contribution in [0.1, 0.15) is 16.7 Å². The third-order valence-electron chi connectivity index (χ3n) is 4.02. The van der Waals surface area contributed by atoms with Gasteiger partial charge in [0.15, 0.2) is 12.4 Å². The Morgan fingerprint density at radius 1 is 1.44 bits per heavy atom. The molecule has 3 N–H and O–H groups in total. The zero-order valence-electron chi connectivity index (χ0n) is 14.2. The summed E-state index contributed by atoms with van der Waals surface area (Å²) in [4.78, 5) is 31.9. The van der Waals surface area contributed by atoms with Gasteiger partial charge in [0.05, 0.1) is 19.9 Å². The maximum absolute atomic E-state index is 14.1. The molecule has 3 rings (SSSR count). The molecule has 0 aliphatic carbocycles. The minimum atomic E-state index is -1.91. The quantitative estimate of drug-likeness (QED) is 0.631. The molecule has 0 saturated carbocycles. The molecule has 4 atom stereocenters. The number of rotatable bonds is 5. The summed E-state index contributed by atoms with van der Waals surface area (Å²) in [5.41, 5.74) is -0.812. The standard InChI is InChI=1S/C16H17FN4O6/c1-26-8-2-3-9(18-6-8)14(24)19-11-4-5-21(16(25)20-11)15-12(17)13(23)10(7-22)27-15/h2-6,10,12-13,15,22-23H,7H2,1H3,(H,19,20,24,25)/t10-,12-,13-,15-/m1/s1. The van der Waals surface area contributed by atoms with Gasteiger partial charge in [0.2, 0.25) is 0 Å². The number of halogens is 1. The molecule has 3 heterocycles. The van der Waals surface area contributed by atoms with E-state index in [-0.39, 0.29) is 11.5 Å². The number of carbonyl (C=O) groups excluding carboxylic acids is 1. The van der Waals surface area contributed by atoms with E-state index in [1.54, 1.807) is 6.07 Å². The van der Waals surface area contributed by atoms with Crippen LogP contribution in [0.25, 0.3) is 0 Å². The van der Waals surface area contributed by atoms with Crippen LogP contribution in [-0.4, -0.2) is 62.8 Å². The molecular formula is C16H17FN4O6. The van der Waals surface area contributed by atoms with Crippen molar-refractivity contribution in [2.24, 2.45) is 0 Å². The zero-order chi connectivity index (χ0) is 19.6. The van der Waals surface area contributed by atoms with Crippen LogP contribution in [0.4, 0.5) is 10.2 Å². The first kappa shape index (κ1) is 18.9. The fourth-order valence-corrected chi connectivity index (χ4v) is 2.57. The summed E-state index contributed by atoms with van der Waals surface area (Å²) in [5.74, 6) is -0.182. The maximum Gasteiger partial charge on any atom is 0.351 e. The number of hydrogen-bond acceptors (Lipinski definition) is 8. The molecule has 1 amide bonds. The topological polar surface area (TPSA) is 136 Å². The highest BCUT2D eigenvalue weighted by molar-refractivity contribution is 6.02. The Hall–Kier alpha value is -2.89. The molecule has 0 aromatic carbocycles. The molecule has 1 saturated heterocycles. The van der Waals surface area contributed by atoms with Crippen molar-refractivity contribution in [2.45, 2.75) is 24.6 Å². The van der Waals surface area contributed by atoms with Crippen LogP contribution in [0.3, 0.4) is 0 Å². The summed E-state index contributed by atoms with van der Waals surface area (Å²) in [6.07, 6.45) is -3.50. The molecule has 27 heavy (non-hydrogen) atoms. The predicted molar refractivity (Wildman–Crippen MR) is 89.1 cm³/mol. The Kier molecular flexibility index (Phi) is 5.44. The smallest absolute Gasteiger partial charge is 0.351 e. The van der Waals surface area contributed by atoms with E-state index in [2.05, 4.69) is 15.3 Å². The highest BCUT2D eigenvalue weighted by atomic mass is 19.1. The third-order valence-corrected chi connectivity index (χ3v) is 4.02. The number of nitrogens with zero attached hydrogens (tertiary/aromatic N) is 3. The second kappa shape index (κ2) is 7.78. The summed E-state index contributed by atoms with van der Waals surface area (Å²) >= 11 is 0. The maximum atomic E-state index is 14.1. The van der Waals surface area contributed by atoms with Crippen LogP contribution in [0.2, 0.25) is 0 Å². The lowest BCUT2D eigenvalue weighted by Crippen LogP contribution is -2.33. The van der Waals surface area contributed by atoms with Gasteiger partial charge in [-0.15, -0.1) is 0 Å². The Balaban J connectivity index is 1.75. The van der Waals surface area contributed by atoms with Crippen molar-refractivity contribution in [3.63, 3.8) is 0 Å². The van der Waals surface area contributed by atoms with Gasteiger partial charge < -0.3 is 25.0 Å². The summed E-state index contributed by atoms with van der Waals surface area (Å²) in [6.45, 7) is -0.594. The van der Waals surface area contributed by atoms with Crippen molar-refractivity contribution in [3.05, 3.63) is 46.8 Å². The molecular weight excluding hydrogens is 363 g/mol. The van der Waals surface area contributed by atoms with Crippen molar-refractivity contribution in [3.8, 4) is 5.75 Å². The lowest BCUT2D eigenvalue weighted by molar-refractivity contribution is -0.0490. The molecule has 1 aliphatic heterocycles. The van der Waals surface area contributed by atoms with Crippen LogP contribution < -0.4 is 15.7 Å². The van der Waals surface area contributed by atoms with Crippen molar-refractivity contribution in [1.29, 1.82) is 0 Å². The van der Waals surface area contributed by atoms with Crippen LogP contribution in [0, 0.1) is 0 Å². The van der Waals surface area contributed by atoms with Crippen molar-refractivity contribution in [1.82, 2.24) is 14.5 Å². The minimum Gasteiger partial charge on any atom is -0.495 e. The zero-order valence-corrected chi connectivity index (χ0v) is 14.2. The Morgan fingerprint density at radius 3 is 2.78 bits per heavy atom. The number of methoxy groups -OCH3 is 1. The second-order valence-electron chi connectivity index (χ2n) is 5.72. The largest absolute Gasteiger partial charge is 0.495 e. The molecule has 0 bridgehead atoms. The number of aromatic nitrogens is 3. The van der Waals surface area contributed by atoms with Crippen LogP contribution in [-0.2, 0) is 4.74 Å². The van der Waals surface area contributed by atoms with E-state index in [9.17, 15) is 19.1 Å². The molecule has 10 nitrogen and oxygen atoms in total. The lowest BCUT2D eigenvalue weighted by Gasteiger charge is -2.16. The summed E-state index contributed by atoms with van der Waals surface area (Å²) in [5, 5.41) is 21.1. The fourth-order valence-electron chi connectivity index (χ4n) is 2.57. The number of pyridine rings is 1. The second-order valence-corrected chi connectivity index (χ2v) is 5.72. The molecule has 11 heteroatoms. The van der Waals surface area contributed by atoms with Gasteiger partial charge in [-0.05, 0) is 18.2 Å². The SMILES string of the molecule is COc1ccc(C(=O)Nc2ccn([C@@H]3O[C@H](CO)[C@@H](O)[C@H]3F)c(=O)n2)nc1. The highest BCUT2D eigenvalue weighted by Gasteiger charge is 2.45. The van der Waals surface area contributed by atoms with Crippen LogP contribution in [0.5, 0.6) is 5.75 Å². The molecule has 2 aromatic heterocycles. The average molecular weight is 380 g/mol. The lowest BCUT2D eigenvalue weighted by atomic mass is 10.1. The van der Waals surface area contributed by atoms with E-state index in [4.69, 9.17) is 14.6 Å². The Morgan fingerprint density at radius 2 is 2.22 bits per heavy atom. The molecule has 2 aromatic rings. The first-order chi connectivity index (χ1) is 12.9. The highest BCUT2D eigenvalue weighted by Crippen LogP contribution is 2.30. The van der Waals surface area contributed by atoms with E-state index < -0.39 is 42.8 Å². The van der Waals surface area contributed by atoms with Crippen molar-refractivity contribution in [2.75, 3.05) is 19.0 Å². The molecule has 1 fully saturated rings. The van der Waals surface area contributed by atoms with E-state index >= 15 is 0 Å². The number of aliphatic hydroxyl groups is 2. The number of nitrogens with one attached hydrogen (secondary N) is 1. The van der Waals surface area contributed by atoms with Crippen LogP contribution in [0.15, 0.2) is 35.4 Å². The number of amides is 1. The molecule has 0 spiro atoms. The van der Waals surface area contributed by atoms with Crippen LogP contribution >= 0.6 is 0 Å². The van der Waals surface area contributed by atoms with Gasteiger partial charge in [-0.1, -0.05) is 0 Å². The number of alkyl halides is 1. The van der Waals surface area contributed by atoms with E-state index in [1.165, 1.54) is 31.6 Å².